The molecule has 0 aromatic heterocycles. The molecule has 0 saturated carbocycles. The summed E-state index contributed by atoms with van der Waals surface area (Å²) in [6.45, 7) is 6.15. The van der Waals surface area contributed by atoms with Crippen molar-refractivity contribution < 1.29 is 28.6 Å². The molecule has 1 aromatic rings. The number of nitrogens with zero attached hydrogens (tertiary/aromatic N) is 2. The van der Waals surface area contributed by atoms with E-state index in [1.54, 1.807) is 39.0 Å². The van der Waals surface area contributed by atoms with E-state index >= 15 is 0 Å². The summed E-state index contributed by atoms with van der Waals surface area (Å²) in [7, 11) is 1.16. The summed E-state index contributed by atoms with van der Waals surface area (Å²) in [6.07, 6.45) is 0. The van der Waals surface area contributed by atoms with Gasteiger partial charge in [-0.05, 0) is 45.9 Å². The highest BCUT2D eigenvalue weighted by Crippen LogP contribution is 2.54. The van der Waals surface area contributed by atoms with Crippen molar-refractivity contribution in [3.05, 3.63) is 51.0 Å². The maximum absolute atomic E-state index is 14.0. The van der Waals surface area contributed by atoms with Gasteiger partial charge in [0, 0.05) is 15.7 Å². The van der Waals surface area contributed by atoms with Crippen LogP contribution >= 0.6 is 15.9 Å². The predicted molar refractivity (Wildman–Crippen MR) is 117 cm³/mol. The molecule has 0 bridgehead atoms. The number of nitrogens with two attached hydrogens (primary N) is 1. The second-order valence-electron chi connectivity index (χ2n) is 8.27. The van der Waals surface area contributed by atoms with Crippen LogP contribution in [0.25, 0.3) is 0 Å². The third kappa shape index (κ3) is 3.52. The first kappa shape index (κ1) is 23.3. The normalized spacial score (nSPS) is 20.2. The van der Waals surface area contributed by atoms with E-state index in [-0.39, 0.29) is 22.8 Å². The molecule has 2 N–H and O–H groups in total. The molecule has 1 unspecified atom stereocenters. The van der Waals surface area contributed by atoms with E-state index in [1.807, 2.05) is 6.07 Å². The summed E-state index contributed by atoms with van der Waals surface area (Å²) in [4.78, 5) is 40.7. The summed E-state index contributed by atoms with van der Waals surface area (Å²) in [5.41, 5.74) is 3.48. The first-order valence-corrected chi connectivity index (χ1v) is 10.4. The molecule has 0 aliphatic carbocycles. The fraction of sp³-hybridized carbons (Fsp3) is 0.364. The van der Waals surface area contributed by atoms with Gasteiger partial charge in [-0.2, -0.15) is 5.26 Å². The number of nitriles is 1. The zero-order valence-electron chi connectivity index (χ0n) is 18.2. The molecule has 10 heteroatoms. The summed E-state index contributed by atoms with van der Waals surface area (Å²) in [5.74, 6) is -2.51. The van der Waals surface area contributed by atoms with Gasteiger partial charge in [0.15, 0.2) is 5.41 Å². The molecule has 2 aliphatic rings. The molecule has 9 nitrogen and oxygen atoms in total. The molecule has 0 saturated heterocycles. The molecule has 168 valence electrons. The highest BCUT2D eigenvalue weighted by Gasteiger charge is 2.62. The summed E-state index contributed by atoms with van der Waals surface area (Å²) in [6, 6.07) is 6.83. The van der Waals surface area contributed by atoms with Crippen molar-refractivity contribution in [2.24, 2.45) is 5.73 Å². The van der Waals surface area contributed by atoms with Crippen LogP contribution in [0.1, 0.15) is 33.3 Å². The summed E-state index contributed by atoms with van der Waals surface area (Å²) in [5, 5.41) is 9.96. The number of anilines is 1. The van der Waals surface area contributed by atoms with E-state index in [9.17, 15) is 19.6 Å². The molecule has 3 rings (SSSR count). The Labute approximate surface area is 193 Å². The van der Waals surface area contributed by atoms with Gasteiger partial charge in [-0.1, -0.05) is 15.9 Å². The minimum atomic E-state index is -1.94. The van der Waals surface area contributed by atoms with Crippen LogP contribution in [0.3, 0.4) is 0 Å². The number of amides is 1. The SMILES string of the molecule is COC(=O)C1=C(C)OC(N)=C(C#N)C12C(=O)N(CC(=O)OC(C)(C)C)c1ccc(Br)cc12. The highest BCUT2D eigenvalue weighted by atomic mass is 79.9. The number of fused-ring (bicyclic) bond motifs is 2. The van der Waals surface area contributed by atoms with Crippen LogP contribution in [0.2, 0.25) is 0 Å². The summed E-state index contributed by atoms with van der Waals surface area (Å²) >= 11 is 3.38. The van der Waals surface area contributed by atoms with Gasteiger partial charge in [-0.3, -0.25) is 14.5 Å². The van der Waals surface area contributed by atoms with Gasteiger partial charge >= 0.3 is 11.9 Å². The smallest absolute Gasteiger partial charge is 0.339 e. The Morgan fingerprint density at radius 3 is 2.56 bits per heavy atom. The van der Waals surface area contributed by atoms with E-state index < -0.39 is 35.4 Å². The fourth-order valence-electron chi connectivity index (χ4n) is 3.99. The van der Waals surface area contributed by atoms with Crippen molar-refractivity contribution in [2.45, 2.75) is 38.7 Å². The van der Waals surface area contributed by atoms with Crippen LogP contribution in [0, 0.1) is 11.3 Å². The molecule has 2 heterocycles. The van der Waals surface area contributed by atoms with Crippen LogP contribution in [0.5, 0.6) is 0 Å². The first-order chi connectivity index (χ1) is 14.9. The van der Waals surface area contributed by atoms with Gasteiger partial charge in [-0.25, -0.2) is 4.79 Å². The average Bonchev–Trinajstić information content (AvgIpc) is 2.89. The van der Waals surface area contributed by atoms with Crippen molar-refractivity contribution in [2.75, 3.05) is 18.6 Å². The molecule has 1 spiro atoms. The molecule has 32 heavy (non-hydrogen) atoms. The van der Waals surface area contributed by atoms with Crippen molar-refractivity contribution >= 4 is 39.5 Å². The van der Waals surface area contributed by atoms with Crippen molar-refractivity contribution in [3.63, 3.8) is 0 Å². The minimum absolute atomic E-state index is 0.0201. The van der Waals surface area contributed by atoms with E-state index in [4.69, 9.17) is 19.9 Å². The number of halogens is 1. The maximum Gasteiger partial charge on any atom is 0.339 e. The van der Waals surface area contributed by atoms with Gasteiger partial charge in [0.25, 0.3) is 0 Å². The van der Waals surface area contributed by atoms with Crippen LogP contribution in [-0.4, -0.2) is 37.1 Å². The maximum atomic E-state index is 14.0. The number of esters is 2. The van der Waals surface area contributed by atoms with Crippen LogP contribution in [0.15, 0.2) is 45.5 Å². The molecule has 1 amide bonds. The first-order valence-electron chi connectivity index (χ1n) is 9.60. The Hall–Kier alpha value is -3.32. The quantitative estimate of drug-likeness (QED) is 0.622. The number of ether oxygens (including phenoxy) is 3. The number of carbonyl (C=O) groups is 3. The lowest BCUT2D eigenvalue weighted by molar-refractivity contribution is -0.153. The molecule has 1 aromatic carbocycles. The third-order valence-corrected chi connectivity index (χ3v) is 5.53. The van der Waals surface area contributed by atoms with Crippen molar-refractivity contribution in [1.82, 2.24) is 0 Å². The monoisotopic (exact) mass is 503 g/mol. The molecule has 0 radical (unpaired) electrons. The second kappa shape index (κ2) is 7.98. The predicted octanol–water partition coefficient (Wildman–Crippen LogP) is 2.55. The Bertz CT molecular complexity index is 1140. The van der Waals surface area contributed by atoms with E-state index in [0.717, 1.165) is 7.11 Å². The van der Waals surface area contributed by atoms with Crippen LogP contribution in [0.4, 0.5) is 5.69 Å². The number of benzene rings is 1. The zero-order chi connectivity index (χ0) is 24.0. The Balaban J connectivity index is 2.31. The molecule has 0 fully saturated rings. The fourth-order valence-corrected chi connectivity index (χ4v) is 4.35. The number of hydrogen-bond acceptors (Lipinski definition) is 8. The number of methoxy groups -OCH3 is 1. The third-order valence-electron chi connectivity index (χ3n) is 5.04. The van der Waals surface area contributed by atoms with Gasteiger partial charge in [0.2, 0.25) is 11.8 Å². The minimum Gasteiger partial charge on any atom is -0.466 e. The molecule has 1 atom stereocenters. The molecule has 2 aliphatic heterocycles. The van der Waals surface area contributed by atoms with E-state index in [2.05, 4.69) is 15.9 Å². The number of carbonyl (C=O) groups excluding carboxylic acids is 3. The standard InChI is InChI=1S/C22H22BrN3O6/c1-11-17(19(28)30-5)22(14(9-24)18(25)31-11)13-8-12(23)6-7-15(13)26(20(22)29)10-16(27)32-21(2,3)4/h6-8H,10,25H2,1-5H3. The highest BCUT2D eigenvalue weighted by molar-refractivity contribution is 9.10. The topological polar surface area (TPSA) is 132 Å². The Morgan fingerprint density at radius 1 is 1.34 bits per heavy atom. The van der Waals surface area contributed by atoms with Crippen LogP contribution in [-0.2, 0) is 34.0 Å². The van der Waals surface area contributed by atoms with Crippen molar-refractivity contribution in [3.8, 4) is 6.07 Å². The lowest BCUT2D eigenvalue weighted by Gasteiger charge is -2.34. The van der Waals surface area contributed by atoms with Gasteiger partial charge in [0.05, 0.1) is 7.11 Å². The second-order valence-corrected chi connectivity index (χ2v) is 9.18. The van der Waals surface area contributed by atoms with Gasteiger partial charge in [-0.15, -0.1) is 0 Å². The Morgan fingerprint density at radius 2 is 2.00 bits per heavy atom. The van der Waals surface area contributed by atoms with Crippen LogP contribution < -0.4 is 10.6 Å². The van der Waals surface area contributed by atoms with E-state index in [0.29, 0.717) is 15.7 Å². The molecular weight excluding hydrogens is 482 g/mol. The lowest BCUT2D eigenvalue weighted by Crippen LogP contribution is -2.49. The molecular formula is C22H22BrN3O6. The van der Waals surface area contributed by atoms with E-state index in [1.165, 1.54) is 11.8 Å². The lowest BCUT2D eigenvalue weighted by atomic mass is 9.68. The number of rotatable bonds is 3. The largest absolute Gasteiger partial charge is 0.466 e. The Kier molecular flexibility index (Phi) is 5.82. The summed E-state index contributed by atoms with van der Waals surface area (Å²) < 4.78 is 16.3. The average molecular weight is 504 g/mol. The number of allylic oxidation sites excluding steroid dienone is 1. The van der Waals surface area contributed by atoms with Gasteiger partial charge in [0.1, 0.15) is 35.1 Å². The van der Waals surface area contributed by atoms with Crippen molar-refractivity contribution in [1.29, 1.82) is 5.26 Å². The van der Waals surface area contributed by atoms with Gasteiger partial charge < -0.3 is 19.9 Å². The number of hydrogen-bond donors (Lipinski definition) is 1. The zero-order valence-corrected chi connectivity index (χ0v) is 19.8.